The molecule has 0 amide bonds. The third-order valence-corrected chi connectivity index (χ3v) is 4.27. The van der Waals surface area contributed by atoms with E-state index in [1.807, 2.05) is 0 Å². The quantitative estimate of drug-likeness (QED) is 0.900. The van der Waals surface area contributed by atoms with Gasteiger partial charge in [-0.2, -0.15) is 0 Å². The topological polar surface area (TPSA) is 41.1 Å². The van der Waals surface area contributed by atoms with Crippen LogP contribution >= 0.6 is 0 Å². The Balaban J connectivity index is 1.73. The van der Waals surface area contributed by atoms with Gasteiger partial charge in [0.1, 0.15) is 5.82 Å². The van der Waals surface area contributed by atoms with Gasteiger partial charge in [0.05, 0.1) is 6.54 Å². The highest BCUT2D eigenvalue weighted by atomic mass is 15.2. The molecule has 0 spiro atoms. The van der Waals surface area contributed by atoms with Crippen molar-refractivity contribution in [3.8, 4) is 0 Å². The van der Waals surface area contributed by atoms with E-state index in [2.05, 4.69) is 28.2 Å². The van der Waals surface area contributed by atoms with Crippen LogP contribution in [0.4, 0.5) is 0 Å². The van der Waals surface area contributed by atoms with Crippen molar-refractivity contribution >= 4 is 0 Å². The molecule has 1 aromatic heterocycles. The predicted molar refractivity (Wildman–Crippen MR) is 76.1 cm³/mol. The Bertz CT molecular complexity index is 420. The summed E-state index contributed by atoms with van der Waals surface area (Å²) in [6, 6.07) is 2.19. The molecule has 104 valence electrons. The number of nitrogens with one attached hydrogen (secondary N) is 1. The lowest BCUT2D eigenvalue weighted by Gasteiger charge is -2.26. The van der Waals surface area contributed by atoms with Gasteiger partial charge in [-0.05, 0) is 25.8 Å². The molecule has 4 nitrogen and oxygen atoms in total. The Labute approximate surface area is 115 Å². The van der Waals surface area contributed by atoms with Gasteiger partial charge in [0.25, 0.3) is 0 Å². The minimum absolute atomic E-state index is 0.684. The third-order valence-electron chi connectivity index (χ3n) is 4.27. The zero-order valence-corrected chi connectivity index (χ0v) is 11.9. The van der Waals surface area contributed by atoms with Crippen LogP contribution in [0.25, 0.3) is 0 Å². The van der Waals surface area contributed by atoms with Crippen LogP contribution in [-0.2, 0) is 6.54 Å². The van der Waals surface area contributed by atoms with Crippen LogP contribution in [0.1, 0.15) is 48.8 Å². The molecule has 0 unspecified atom stereocenters. The van der Waals surface area contributed by atoms with E-state index in [1.165, 1.54) is 31.4 Å². The Kier molecular flexibility index (Phi) is 4.09. The fourth-order valence-corrected chi connectivity index (χ4v) is 3.23. The largest absolute Gasteiger partial charge is 0.314 e. The molecule has 0 aromatic carbocycles. The summed E-state index contributed by atoms with van der Waals surface area (Å²) in [5.41, 5.74) is 2.41. The molecule has 19 heavy (non-hydrogen) atoms. The number of hydrogen-bond donors (Lipinski definition) is 1. The second kappa shape index (κ2) is 5.97. The van der Waals surface area contributed by atoms with Crippen LogP contribution in [0, 0.1) is 6.92 Å². The molecule has 2 heterocycles. The highest BCUT2D eigenvalue weighted by Gasteiger charge is 2.20. The van der Waals surface area contributed by atoms with E-state index < -0.39 is 0 Å². The minimum atomic E-state index is 0.684. The molecule has 4 heteroatoms. The van der Waals surface area contributed by atoms with Crippen LogP contribution in [-0.4, -0.2) is 41.0 Å². The van der Waals surface area contributed by atoms with Gasteiger partial charge in [-0.15, -0.1) is 0 Å². The van der Waals surface area contributed by atoms with Crippen LogP contribution in [0.5, 0.6) is 0 Å². The van der Waals surface area contributed by atoms with Gasteiger partial charge >= 0.3 is 0 Å². The lowest BCUT2D eigenvalue weighted by Crippen LogP contribution is -2.43. The molecule has 1 saturated heterocycles. The van der Waals surface area contributed by atoms with E-state index in [9.17, 15) is 0 Å². The van der Waals surface area contributed by atoms with Gasteiger partial charge in [-0.1, -0.05) is 12.8 Å². The molecule has 3 rings (SSSR count). The number of hydrogen-bond acceptors (Lipinski definition) is 4. The molecule has 1 saturated carbocycles. The fourth-order valence-electron chi connectivity index (χ4n) is 3.23. The first kappa shape index (κ1) is 13.0. The molecule has 2 fully saturated rings. The van der Waals surface area contributed by atoms with Crippen LogP contribution in [0.2, 0.25) is 0 Å². The van der Waals surface area contributed by atoms with Crippen LogP contribution in [0.15, 0.2) is 6.07 Å². The molecule has 0 atom stereocenters. The Morgan fingerprint density at radius 1 is 1.21 bits per heavy atom. The van der Waals surface area contributed by atoms with Crippen molar-refractivity contribution in [3.05, 3.63) is 23.3 Å². The SMILES string of the molecule is Cc1cc(C2CCCC2)nc(CN2CCNCC2)n1. The third kappa shape index (κ3) is 3.31. The second-order valence-electron chi connectivity index (χ2n) is 5.86. The van der Waals surface area contributed by atoms with E-state index >= 15 is 0 Å². The number of rotatable bonds is 3. The number of piperazine rings is 1. The molecule has 0 radical (unpaired) electrons. The van der Waals surface area contributed by atoms with Crippen LogP contribution in [0.3, 0.4) is 0 Å². The molecule has 1 aliphatic carbocycles. The molecular weight excluding hydrogens is 236 g/mol. The Morgan fingerprint density at radius 2 is 1.95 bits per heavy atom. The maximum atomic E-state index is 4.84. The van der Waals surface area contributed by atoms with Gasteiger partial charge in [0.2, 0.25) is 0 Å². The summed E-state index contributed by atoms with van der Waals surface area (Å²) in [7, 11) is 0. The molecule has 1 aromatic rings. The van der Waals surface area contributed by atoms with Gasteiger partial charge in [-0.3, -0.25) is 4.90 Å². The van der Waals surface area contributed by atoms with Gasteiger partial charge in [-0.25, -0.2) is 9.97 Å². The zero-order chi connectivity index (χ0) is 13.1. The summed E-state index contributed by atoms with van der Waals surface area (Å²) >= 11 is 0. The number of aromatic nitrogens is 2. The highest BCUT2D eigenvalue weighted by Crippen LogP contribution is 2.33. The van der Waals surface area contributed by atoms with E-state index in [0.29, 0.717) is 5.92 Å². The van der Waals surface area contributed by atoms with Crippen LogP contribution < -0.4 is 5.32 Å². The van der Waals surface area contributed by atoms with Crippen molar-refractivity contribution in [3.63, 3.8) is 0 Å². The first-order chi connectivity index (χ1) is 9.31. The molecule has 1 aliphatic heterocycles. The molecule has 2 aliphatic rings. The van der Waals surface area contributed by atoms with Crippen molar-refractivity contribution in [2.45, 2.75) is 45.1 Å². The van der Waals surface area contributed by atoms with Crippen molar-refractivity contribution in [1.82, 2.24) is 20.2 Å². The monoisotopic (exact) mass is 260 g/mol. The summed E-state index contributed by atoms with van der Waals surface area (Å²) in [4.78, 5) is 11.9. The first-order valence-corrected chi connectivity index (χ1v) is 7.59. The van der Waals surface area contributed by atoms with Crippen molar-refractivity contribution in [1.29, 1.82) is 0 Å². The second-order valence-corrected chi connectivity index (χ2v) is 5.86. The van der Waals surface area contributed by atoms with Gasteiger partial charge < -0.3 is 5.32 Å². The predicted octanol–water partition coefficient (Wildman–Crippen LogP) is 1.85. The number of nitrogens with zero attached hydrogens (tertiary/aromatic N) is 3. The minimum Gasteiger partial charge on any atom is -0.314 e. The highest BCUT2D eigenvalue weighted by molar-refractivity contribution is 5.15. The Hall–Kier alpha value is -1.00. The standard InChI is InChI=1S/C15H24N4/c1-12-10-14(13-4-2-3-5-13)18-15(17-12)11-19-8-6-16-7-9-19/h10,13,16H,2-9,11H2,1H3. The van der Waals surface area contributed by atoms with E-state index in [4.69, 9.17) is 4.98 Å². The average Bonchev–Trinajstić information content (AvgIpc) is 2.93. The smallest absolute Gasteiger partial charge is 0.142 e. The van der Waals surface area contributed by atoms with Gasteiger partial charge in [0, 0.05) is 43.5 Å². The summed E-state index contributed by atoms with van der Waals surface area (Å²) in [6.07, 6.45) is 5.34. The van der Waals surface area contributed by atoms with E-state index in [0.717, 1.165) is 44.2 Å². The molecular formula is C15H24N4. The Morgan fingerprint density at radius 3 is 2.68 bits per heavy atom. The lowest BCUT2D eigenvalue weighted by atomic mass is 10.0. The summed E-state index contributed by atoms with van der Waals surface area (Å²) < 4.78 is 0. The average molecular weight is 260 g/mol. The summed E-state index contributed by atoms with van der Waals surface area (Å²) in [5.74, 6) is 1.70. The van der Waals surface area contributed by atoms with E-state index in [1.54, 1.807) is 0 Å². The normalized spacial score (nSPS) is 21.9. The molecule has 0 bridgehead atoms. The van der Waals surface area contributed by atoms with Crippen molar-refractivity contribution in [2.75, 3.05) is 26.2 Å². The summed E-state index contributed by atoms with van der Waals surface area (Å²) in [6.45, 7) is 7.39. The number of aryl methyl sites for hydroxylation is 1. The first-order valence-electron chi connectivity index (χ1n) is 7.59. The lowest BCUT2D eigenvalue weighted by molar-refractivity contribution is 0.227. The van der Waals surface area contributed by atoms with Crippen molar-refractivity contribution in [2.24, 2.45) is 0 Å². The maximum Gasteiger partial charge on any atom is 0.142 e. The van der Waals surface area contributed by atoms with Gasteiger partial charge in [0.15, 0.2) is 0 Å². The van der Waals surface area contributed by atoms with Crippen molar-refractivity contribution < 1.29 is 0 Å². The van der Waals surface area contributed by atoms with E-state index in [-0.39, 0.29) is 0 Å². The fraction of sp³-hybridized carbons (Fsp3) is 0.733. The summed E-state index contributed by atoms with van der Waals surface area (Å²) in [5, 5.41) is 3.39. The molecule has 1 N–H and O–H groups in total. The maximum absolute atomic E-state index is 4.84. The zero-order valence-electron chi connectivity index (χ0n) is 11.9.